The van der Waals surface area contributed by atoms with Crippen molar-refractivity contribution < 1.29 is 8.42 Å². The molecule has 0 bridgehead atoms. The largest absolute Gasteiger partial charge is 0.228 e. The molecule has 1 rings (SSSR count). The molecule has 0 heterocycles. The molecule has 3 nitrogen and oxygen atoms in total. The minimum absolute atomic E-state index is 0.812. The lowest BCUT2D eigenvalue weighted by molar-refractivity contribution is 0.562. The lowest BCUT2D eigenvalue weighted by Gasteiger charge is -2.13. The Morgan fingerprint density at radius 2 is 1.40 bits per heavy atom. The van der Waals surface area contributed by atoms with E-state index in [2.05, 4.69) is 19.1 Å². The minimum Gasteiger partial charge on any atom is -0.228 e. The van der Waals surface area contributed by atoms with E-state index in [9.17, 15) is 8.42 Å². The Bertz CT molecular complexity index is 377. The van der Waals surface area contributed by atoms with Crippen LogP contribution in [0.2, 0.25) is 0 Å². The summed E-state index contributed by atoms with van der Waals surface area (Å²) in [7, 11) is -3.34. The van der Waals surface area contributed by atoms with Gasteiger partial charge in [-0.05, 0) is 27.7 Å². The molecule has 2 N–H and O–H groups in total. The zero-order valence-electron chi connectivity index (χ0n) is 9.69. The van der Waals surface area contributed by atoms with Gasteiger partial charge in [0, 0.05) is 0 Å². The molecular formula is C11H19NO2S. The van der Waals surface area contributed by atoms with Crippen molar-refractivity contribution in [2.24, 2.45) is 5.14 Å². The number of benzene rings is 1. The van der Waals surface area contributed by atoms with Gasteiger partial charge in [-0.1, -0.05) is 35.9 Å². The molecule has 0 spiro atoms. The highest BCUT2D eigenvalue weighted by molar-refractivity contribution is 7.90. The van der Waals surface area contributed by atoms with Crippen molar-refractivity contribution in [3.63, 3.8) is 0 Å². The van der Waals surface area contributed by atoms with Crippen LogP contribution >= 0.6 is 0 Å². The van der Waals surface area contributed by atoms with Gasteiger partial charge in [-0.2, -0.15) is 0 Å². The van der Waals surface area contributed by atoms with Gasteiger partial charge in [0.1, 0.15) is 0 Å². The number of hydrogen-bond donors (Lipinski definition) is 1. The Kier molecular flexibility index (Phi) is 4.97. The Labute approximate surface area is 92.4 Å². The predicted molar refractivity (Wildman–Crippen MR) is 64.0 cm³/mol. The van der Waals surface area contributed by atoms with Crippen LogP contribution in [0, 0.1) is 6.92 Å². The quantitative estimate of drug-likeness (QED) is 0.740. The molecule has 86 valence electrons. The molecule has 0 aliphatic heterocycles. The lowest BCUT2D eigenvalue weighted by Crippen LogP contribution is -2.34. The Balaban J connectivity index is 0.000000262. The molecular weight excluding hydrogens is 210 g/mol. The maximum absolute atomic E-state index is 10.4. The van der Waals surface area contributed by atoms with E-state index in [0.717, 1.165) is 0 Å². The fraction of sp³-hybridized carbons (Fsp3) is 0.455. The summed E-state index contributed by atoms with van der Waals surface area (Å²) in [6, 6.07) is 10.3. The van der Waals surface area contributed by atoms with Crippen LogP contribution < -0.4 is 5.14 Å². The smallest absolute Gasteiger partial charge is 0.214 e. The molecule has 0 aliphatic carbocycles. The SMILES string of the molecule is CC(C)(C)S(N)(=O)=O.Cc1ccccc1. The molecule has 4 heteroatoms. The first-order valence-electron chi connectivity index (χ1n) is 4.68. The van der Waals surface area contributed by atoms with Gasteiger partial charge < -0.3 is 0 Å². The first-order chi connectivity index (χ1) is 6.64. The molecule has 1 aromatic rings. The highest BCUT2D eigenvalue weighted by Crippen LogP contribution is 2.09. The number of hydrogen-bond acceptors (Lipinski definition) is 2. The summed E-state index contributed by atoms with van der Waals surface area (Å²) in [5.74, 6) is 0. The van der Waals surface area contributed by atoms with E-state index >= 15 is 0 Å². The van der Waals surface area contributed by atoms with Crippen LogP contribution in [-0.2, 0) is 10.0 Å². The van der Waals surface area contributed by atoms with E-state index in [1.165, 1.54) is 5.56 Å². The summed E-state index contributed by atoms with van der Waals surface area (Å²) in [6.07, 6.45) is 0. The van der Waals surface area contributed by atoms with Gasteiger partial charge in [0.2, 0.25) is 10.0 Å². The van der Waals surface area contributed by atoms with Crippen LogP contribution in [0.1, 0.15) is 26.3 Å². The van der Waals surface area contributed by atoms with Crippen LogP contribution in [-0.4, -0.2) is 13.2 Å². The van der Waals surface area contributed by atoms with Crippen LogP contribution in [0.15, 0.2) is 30.3 Å². The fourth-order valence-corrected chi connectivity index (χ4v) is 0.534. The van der Waals surface area contributed by atoms with Crippen LogP contribution in [0.25, 0.3) is 0 Å². The molecule has 0 aromatic heterocycles. The monoisotopic (exact) mass is 229 g/mol. The molecule has 15 heavy (non-hydrogen) atoms. The molecule has 0 saturated carbocycles. The van der Waals surface area contributed by atoms with E-state index < -0.39 is 14.8 Å². The predicted octanol–water partition coefficient (Wildman–Crippen LogP) is 2.07. The average Bonchev–Trinajstić information content (AvgIpc) is 2.02. The zero-order valence-corrected chi connectivity index (χ0v) is 10.5. The van der Waals surface area contributed by atoms with Crippen molar-refractivity contribution in [2.75, 3.05) is 0 Å². The van der Waals surface area contributed by atoms with Gasteiger partial charge in [0.15, 0.2) is 0 Å². The summed E-state index contributed by atoms with van der Waals surface area (Å²) in [5, 5.41) is 4.78. The zero-order chi connectivity index (χ0) is 12.1. The van der Waals surface area contributed by atoms with Gasteiger partial charge in [-0.3, -0.25) is 0 Å². The van der Waals surface area contributed by atoms with Crippen molar-refractivity contribution in [2.45, 2.75) is 32.4 Å². The van der Waals surface area contributed by atoms with Crippen LogP contribution in [0.5, 0.6) is 0 Å². The Hall–Kier alpha value is -0.870. The molecule has 0 atom stereocenters. The molecule has 0 aliphatic rings. The normalized spacial score (nSPS) is 11.5. The second-order valence-electron chi connectivity index (χ2n) is 4.31. The van der Waals surface area contributed by atoms with Crippen LogP contribution in [0.4, 0.5) is 0 Å². The number of nitrogens with two attached hydrogens (primary N) is 1. The van der Waals surface area contributed by atoms with E-state index in [-0.39, 0.29) is 0 Å². The maximum atomic E-state index is 10.4. The van der Waals surface area contributed by atoms with Crippen molar-refractivity contribution in [1.29, 1.82) is 0 Å². The van der Waals surface area contributed by atoms with E-state index in [0.29, 0.717) is 0 Å². The average molecular weight is 229 g/mol. The van der Waals surface area contributed by atoms with E-state index in [1.807, 2.05) is 18.2 Å². The third kappa shape index (κ3) is 6.25. The van der Waals surface area contributed by atoms with Gasteiger partial charge in [-0.15, -0.1) is 0 Å². The number of aryl methyl sites for hydroxylation is 1. The van der Waals surface area contributed by atoms with E-state index in [4.69, 9.17) is 5.14 Å². The summed E-state index contributed by atoms with van der Waals surface area (Å²) in [5.41, 5.74) is 1.32. The van der Waals surface area contributed by atoms with Crippen molar-refractivity contribution in [3.8, 4) is 0 Å². The number of primary sulfonamides is 1. The second kappa shape index (κ2) is 5.28. The summed E-state index contributed by atoms with van der Waals surface area (Å²) >= 11 is 0. The second-order valence-corrected chi connectivity index (χ2v) is 6.63. The van der Waals surface area contributed by atoms with E-state index in [1.54, 1.807) is 20.8 Å². The number of sulfonamides is 1. The molecule has 0 amide bonds. The van der Waals surface area contributed by atoms with Crippen molar-refractivity contribution in [1.82, 2.24) is 0 Å². The first kappa shape index (κ1) is 14.1. The highest BCUT2D eigenvalue weighted by atomic mass is 32.2. The summed E-state index contributed by atoms with van der Waals surface area (Å²) in [4.78, 5) is 0. The maximum Gasteiger partial charge on any atom is 0.214 e. The topological polar surface area (TPSA) is 60.2 Å². The molecule has 0 radical (unpaired) electrons. The highest BCUT2D eigenvalue weighted by Gasteiger charge is 2.23. The van der Waals surface area contributed by atoms with Gasteiger partial charge in [-0.25, -0.2) is 13.6 Å². The van der Waals surface area contributed by atoms with Gasteiger partial charge in [0.05, 0.1) is 4.75 Å². The molecule has 0 saturated heterocycles. The molecule has 0 fully saturated rings. The third-order valence-corrected chi connectivity index (χ3v) is 3.50. The fourth-order valence-electron chi connectivity index (χ4n) is 0.534. The third-order valence-electron chi connectivity index (χ3n) is 1.79. The summed E-state index contributed by atoms with van der Waals surface area (Å²) in [6.45, 7) is 6.76. The first-order valence-corrected chi connectivity index (χ1v) is 6.23. The lowest BCUT2D eigenvalue weighted by atomic mass is 10.2. The van der Waals surface area contributed by atoms with Crippen molar-refractivity contribution >= 4 is 10.0 Å². The summed E-state index contributed by atoms with van der Waals surface area (Å²) < 4.78 is 20.0. The Morgan fingerprint density at radius 3 is 1.53 bits per heavy atom. The number of rotatable bonds is 0. The van der Waals surface area contributed by atoms with Gasteiger partial charge >= 0.3 is 0 Å². The van der Waals surface area contributed by atoms with Crippen molar-refractivity contribution in [3.05, 3.63) is 35.9 Å². The minimum atomic E-state index is -3.34. The Morgan fingerprint density at radius 1 is 1.07 bits per heavy atom. The van der Waals surface area contributed by atoms with Crippen LogP contribution in [0.3, 0.4) is 0 Å². The van der Waals surface area contributed by atoms with Gasteiger partial charge in [0.25, 0.3) is 0 Å². The molecule has 1 aromatic carbocycles. The standard InChI is InChI=1S/C7H8.C4H11NO2S/c1-7-5-3-2-4-6-7;1-4(2,3)8(5,6)7/h2-6H,1H3;1-3H3,(H2,5,6,7). The molecule has 0 unspecified atom stereocenters.